The minimum atomic E-state index is -1.51. The molecule has 2 nitrogen and oxygen atoms in total. The van der Waals surface area contributed by atoms with Gasteiger partial charge < -0.3 is 10.2 Å². The Kier molecular flexibility index (Phi) is 3.44. The minimum absolute atomic E-state index is 0.332. The second kappa shape index (κ2) is 3.95. The minimum Gasteiger partial charge on any atom is -0.417 e. The molecule has 84 valence electrons. The molecule has 0 radical (unpaired) electrons. The lowest BCUT2D eigenvalue weighted by Crippen LogP contribution is -2.41. The second-order valence-electron chi connectivity index (χ2n) is 6.06. The smallest absolute Gasteiger partial charge is 0.191 e. The maximum Gasteiger partial charge on any atom is 0.191 e. The van der Waals surface area contributed by atoms with Gasteiger partial charge in [-0.3, -0.25) is 0 Å². The van der Waals surface area contributed by atoms with Crippen molar-refractivity contribution in [1.29, 1.82) is 0 Å². The third kappa shape index (κ3) is 3.07. The Bertz CT molecular complexity index is 198. The fraction of sp³-hybridized carbons (Fsp3) is 1.00. The fourth-order valence-corrected chi connectivity index (χ4v) is 2.35. The highest BCUT2D eigenvalue weighted by Gasteiger charge is 2.38. The Morgan fingerprint density at radius 3 is 2.21 bits per heavy atom. The van der Waals surface area contributed by atoms with E-state index < -0.39 is 8.32 Å². The van der Waals surface area contributed by atoms with Gasteiger partial charge in [-0.05, 0) is 36.9 Å². The van der Waals surface area contributed by atoms with Crippen molar-refractivity contribution in [3.05, 3.63) is 0 Å². The molecule has 0 aromatic carbocycles. The first-order chi connectivity index (χ1) is 6.24. The molecule has 1 fully saturated rings. The number of hydrogen-bond donors (Lipinski definition) is 1. The van der Waals surface area contributed by atoms with E-state index in [2.05, 4.69) is 33.9 Å². The number of rotatable bonds is 4. The van der Waals surface area contributed by atoms with Crippen molar-refractivity contribution in [3.63, 3.8) is 0 Å². The predicted octanol–water partition coefficient (Wildman–Crippen LogP) is 2.75. The number of hydrogen-bond acceptors (Lipinski definition) is 2. The van der Waals surface area contributed by atoms with E-state index >= 15 is 0 Å². The molecule has 1 aliphatic rings. The Balaban J connectivity index is 2.22. The Morgan fingerprint density at radius 2 is 1.86 bits per heavy atom. The van der Waals surface area contributed by atoms with Gasteiger partial charge in [0.05, 0.1) is 0 Å². The van der Waals surface area contributed by atoms with Gasteiger partial charge in [-0.15, -0.1) is 0 Å². The summed E-state index contributed by atoms with van der Waals surface area (Å²) in [5.41, 5.74) is 5.76. The van der Waals surface area contributed by atoms with Crippen LogP contribution in [0, 0.1) is 5.92 Å². The average Bonchev–Trinajstić information content (AvgIpc) is 2.63. The summed E-state index contributed by atoms with van der Waals surface area (Å²) in [6.07, 6.45) is 2.37. The van der Waals surface area contributed by atoms with E-state index in [9.17, 15) is 0 Å². The molecule has 2 N–H and O–H groups in total. The van der Waals surface area contributed by atoms with E-state index in [1.165, 1.54) is 6.42 Å². The van der Waals surface area contributed by atoms with E-state index in [1.807, 2.05) is 0 Å². The zero-order valence-electron chi connectivity index (χ0n) is 10.3. The van der Waals surface area contributed by atoms with Gasteiger partial charge in [0.25, 0.3) is 0 Å². The van der Waals surface area contributed by atoms with E-state index in [0.29, 0.717) is 11.1 Å². The van der Waals surface area contributed by atoms with Crippen LogP contribution in [0.4, 0.5) is 0 Å². The first-order valence-corrected chi connectivity index (χ1v) is 8.54. The molecule has 0 aromatic rings. The molecular formula is C11H25NOSi. The van der Waals surface area contributed by atoms with Crippen molar-refractivity contribution in [2.45, 2.75) is 57.8 Å². The van der Waals surface area contributed by atoms with Crippen LogP contribution in [0.15, 0.2) is 0 Å². The average molecular weight is 215 g/mol. The van der Waals surface area contributed by atoms with Gasteiger partial charge in [0.15, 0.2) is 8.32 Å². The zero-order valence-corrected chi connectivity index (χ0v) is 11.3. The van der Waals surface area contributed by atoms with Gasteiger partial charge >= 0.3 is 0 Å². The molecule has 2 unspecified atom stereocenters. The van der Waals surface area contributed by atoms with Crippen molar-refractivity contribution in [3.8, 4) is 0 Å². The molecule has 0 heterocycles. The maximum atomic E-state index is 6.08. The van der Waals surface area contributed by atoms with Crippen molar-refractivity contribution in [2.75, 3.05) is 6.61 Å². The highest BCUT2D eigenvalue weighted by atomic mass is 28.4. The van der Waals surface area contributed by atoms with Gasteiger partial charge in [0, 0.05) is 12.6 Å². The molecule has 1 rings (SSSR count). The van der Waals surface area contributed by atoms with Gasteiger partial charge in [-0.25, -0.2) is 0 Å². The Labute approximate surface area is 89.3 Å². The van der Waals surface area contributed by atoms with E-state index in [0.717, 1.165) is 18.9 Å². The lowest BCUT2D eigenvalue weighted by Gasteiger charge is -2.36. The third-order valence-electron chi connectivity index (χ3n) is 3.74. The van der Waals surface area contributed by atoms with Crippen molar-refractivity contribution < 1.29 is 4.43 Å². The quantitative estimate of drug-likeness (QED) is 0.732. The first kappa shape index (κ1) is 12.2. The van der Waals surface area contributed by atoms with Crippen LogP contribution in [0.2, 0.25) is 18.1 Å². The molecule has 0 bridgehead atoms. The molecule has 1 saturated carbocycles. The summed E-state index contributed by atoms with van der Waals surface area (Å²) in [6.45, 7) is 12.4. The van der Waals surface area contributed by atoms with Crippen LogP contribution < -0.4 is 5.73 Å². The first-order valence-electron chi connectivity index (χ1n) is 5.63. The molecule has 3 heteroatoms. The largest absolute Gasteiger partial charge is 0.417 e. The summed E-state index contributed by atoms with van der Waals surface area (Å²) in [7, 11) is -1.51. The summed E-state index contributed by atoms with van der Waals surface area (Å²) in [6, 6.07) is 0.470. The standard InChI is InChI=1S/C11H25NOSi/c1-11(2,3)14(4,5)13-7-6-9-8-10(9)12/h9-10H,6-8,12H2,1-5H3. The zero-order chi connectivity index (χ0) is 11.0. The molecule has 1 aliphatic carbocycles. The number of nitrogens with two attached hydrogens (primary N) is 1. The summed E-state index contributed by atoms with van der Waals surface area (Å²) in [5, 5.41) is 0.332. The summed E-state index contributed by atoms with van der Waals surface area (Å²) >= 11 is 0. The Hall–Kier alpha value is 0.137. The fourth-order valence-electron chi connectivity index (χ4n) is 1.28. The van der Waals surface area contributed by atoms with Crippen LogP contribution in [-0.2, 0) is 4.43 Å². The SMILES string of the molecule is CC(C)(C)[Si](C)(C)OCCC1CC1N. The lowest BCUT2D eigenvalue weighted by atomic mass is 10.2. The predicted molar refractivity (Wildman–Crippen MR) is 63.8 cm³/mol. The van der Waals surface area contributed by atoms with E-state index in [4.69, 9.17) is 10.2 Å². The van der Waals surface area contributed by atoms with Crippen molar-refractivity contribution in [2.24, 2.45) is 11.7 Å². The van der Waals surface area contributed by atoms with Crippen LogP contribution in [0.1, 0.15) is 33.6 Å². The molecule has 14 heavy (non-hydrogen) atoms. The van der Waals surface area contributed by atoms with Gasteiger partial charge in [0.2, 0.25) is 0 Å². The molecule has 0 amide bonds. The van der Waals surface area contributed by atoms with Crippen LogP contribution in [0.5, 0.6) is 0 Å². The molecular weight excluding hydrogens is 190 g/mol. The van der Waals surface area contributed by atoms with Crippen LogP contribution >= 0.6 is 0 Å². The van der Waals surface area contributed by atoms with E-state index in [-0.39, 0.29) is 0 Å². The van der Waals surface area contributed by atoms with Gasteiger partial charge in [0.1, 0.15) is 0 Å². The molecule has 0 aliphatic heterocycles. The van der Waals surface area contributed by atoms with Crippen LogP contribution in [-0.4, -0.2) is 21.0 Å². The van der Waals surface area contributed by atoms with Gasteiger partial charge in [-0.2, -0.15) is 0 Å². The monoisotopic (exact) mass is 215 g/mol. The second-order valence-corrected chi connectivity index (χ2v) is 10.9. The van der Waals surface area contributed by atoms with Crippen LogP contribution in [0.25, 0.3) is 0 Å². The van der Waals surface area contributed by atoms with E-state index in [1.54, 1.807) is 0 Å². The summed E-state index contributed by atoms with van der Waals surface area (Å²) in [5.74, 6) is 0.750. The normalized spacial score (nSPS) is 27.9. The highest BCUT2D eigenvalue weighted by molar-refractivity contribution is 6.74. The summed E-state index contributed by atoms with van der Waals surface area (Å²) < 4.78 is 6.08. The Morgan fingerprint density at radius 1 is 1.36 bits per heavy atom. The van der Waals surface area contributed by atoms with Gasteiger partial charge in [-0.1, -0.05) is 20.8 Å². The molecule has 0 aromatic heterocycles. The summed E-state index contributed by atoms with van der Waals surface area (Å²) in [4.78, 5) is 0. The van der Waals surface area contributed by atoms with Crippen molar-refractivity contribution in [1.82, 2.24) is 0 Å². The maximum absolute atomic E-state index is 6.08. The van der Waals surface area contributed by atoms with Crippen LogP contribution in [0.3, 0.4) is 0 Å². The topological polar surface area (TPSA) is 35.2 Å². The molecule has 2 atom stereocenters. The molecule has 0 saturated heterocycles. The third-order valence-corrected chi connectivity index (χ3v) is 8.27. The molecule has 0 spiro atoms. The highest BCUT2D eigenvalue weighted by Crippen LogP contribution is 2.37. The lowest BCUT2D eigenvalue weighted by molar-refractivity contribution is 0.274. The van der Waals surface area contributed by atoms with Crippen molar-refractivity contribution >= 4 is 8.32 Å².